The van der Waals surface area contributed by atoms with Crippen molar-refractivity contribution in [2.75, 3.05) is 25.1 Å². The van der Waals surface area contributed by atoms with E-state index in [9.17, 15) is 8.42 Å². The number of nitrogens with one attached hydrogen (secondary N) is 1. The first-order valence-corrected chi connectivity index (χ1v) is 8.19. The lowest BCUT2D eigenvalue weighted by Crippen LogP contribution is -2.25. The number of sulfonamides is 1. The molecule has 1 rings (SSSR count). The highest BCUT2D eigenvalue weighted by atomic mass is 32.2. The van der Waals surface area contributed by atoms with Crippen LogP contribution in [0.1, 0.15) is 6.42 Å². The van der Waals surface area contributed by atoms with Crippen molar-refractivity contribution in [2.45, 2.75) is 17.9 Å². The van der Waals surface area contributed by atoms with E-state index in [4.69, 9.17) is 5.73 Å². The minimum atomic E-state index is -3.41. The molecule has 8 heteroatoms. The fraction of sp³-hybridized carbons (Fsp3) is 0.667. The van der Waals surface area contributed by atoms with Crippen molar-refractivity contribution in [3.63, 3.8) is 0 Å². The Labute approximate surface area is 106 Å². The Morgan fingerprint density at radius 2 is 2.35 bits per heavy atom. The van der Waals surface area contributed by atoms with Crippen LogP contribution in [0.2, 0.25) is 0 Å². The molecule has 17 heavy (non-hydrogen) atoms. The van der Waals surface area contributed by atoms with Crippen LogP contribution in [-0.2, 0) is 16.6 Å². The van der Waals surface area contributed by atoms with E-state index in [2.05, 4.69) is 9.82 Å². The molecule has 0 unspecified atom stereocenters. The van der Waals surface area contributed by atoms with Crippen LogP contribution >= 0.6 is 11.8 Å². The summed E-state index contributed by atoms with van der Waals surface area (Å²) in [5.41, 5.74) is 5.38. The lowest BCUT2D eigenvalue weighted by molar-refractivity contribution is 0.577. The Kier molecular flexibility index (Phi) is 5.96. The van der Waals surface area contributed by atoms with Gasteiger partial charge in [0, 0.05) is 25.0 Å². The number of nitrogens with two attached hydrogens (primary N) is 1. The van der Waals surface area contributed by atoms with Crippen LogP contribution in [0.5, 0.6) is 0 Å². The van der Waals surface area contributed by atoms with Gasteiger partial charge in [-0.2, -0.15) is 16.9 Å². The topological polar surface area (TPSA) is 90.0 Å². The number of aromatic nitrogens is 2. The van der Waals surface area contributed by atoms with E-state index >= 15 is 0 Å². The molecule has 0 aliphatic rings. The fourth-order valence-electron chi connectivity index (χ4n) is 1.22. The van der Waals surface area contributed by atoms with Crippen molar-refractivity contribution >= 4 is 21.8 Å². The van der Waals surface area contributed by atoms with Crippen LogP contribution in [0.4, 0.5) is 0 Å². The zero-order valence-corrected chi connectivity index (χ0v) is 11.4. The van der Waals surface area contributed by atoms with E-state index in [1.165, 1.54) is 12.4 Å². The number of thioether (sulfide) groups is 1. The molecule has 0 saturated heterocycles. The number of hydrogen-bond donors (Lipinski definition) is 2. The van der Waals surface area contributed by atoms with E-state index < -0.39 is 10.0 Å². The minimum absolute atomic E-state index is 0.204. The summed E-state index contributed by atoms with van der Waals surface area (Å²) < 4.78 is 27.7. The average molecular weight is 278 g/mol. The highest BCUT2D eigenvalue weighted by Crippen LogP contribution is 2.07. The van der Waals surface area contributed by atoms with Gasteiger partial charge in [0.2, 0.25) is 10.0 Å². The largest absolute Gasteiger partial charge is 0.330 e. The Balaban J connectivity index is 2.61. The molecule has 0 aliphatic heterocycles. The van der Waals surface area contributed by atoms with E-state index in [1.807, 2.05) is 6.26 Å². The molecule has 0 saturated carbocycles. The first-order valence-electron chi connectivity index (χ1n) is 5.31. The predicted molar refractivity (Wildman–Crippen MR) is 69.5 cm³/mol. The maximum absolute atomic E-state index is 11.8. The molecule has 1 heterocycles. The quantitative estimate of drug-likeness (QED) is 0.647. The van der Waals surface area contributed by atoms with Gasteiger partial charge in [0.05, 0.1) is 6.20 Å². The summed E-state index contributed by atoms with van der Waals surface area (Å²) >= 11 is 1.59. The smallest absolute Gasteiger partial charge is 0.243 e. The van der Waals surface area contributed by atoms with Crippen LogP contribution in [0, 0.1) is 0 Å². The normalized spacial score (nSPS) is 11.9. The number of nitrogens with zero attached hydrogens (tertiary/aromatic N) is 2. The summed E-state index contributed by atoms with van der Waals surface area (Å²) in [5, 5.41) is 3.98. The zero-order chi connectivity index (χ0) is 12.7. The maximum Gasteiger partial charge on any atom is 0.243 e. The van der Waals surface area contributed by atoms with Gasteiger partial charge in [-0.1, -0.05) is 0 Å². The third-order valence-electron chi connectivity index (χ3n) is 2.11. The van der Waals surface area contributed by atoms with Gasteiger partial charge >= 0.3 is 0 Å². The SMILES string of the molecule is CSCCNS(=O)(=O)c1cnn(CCCN)c1. The summed E-state index contributed by atoms with van der Waals surface area (Å²) in [7, 11) is -3.41. The molecule has 0 bridgehead atoms. The molecule has 1 aromatic rings. The molecule has 0 amide bonds. The summed E-state index contributed by atoms with van der Waals surface area (Å²) in [6.07, 6.45) is 5.59. The molecule has 0 radical (unpaired) electrons. The van der Waals surface area contributed by atoms with Gasteiger partial charge in [0.25, 0.3) is 0 Å². The molecule has 0 atom stereocenters. The monoisotopic (exact) mass is 278 g/mol. The lowest BCUT2D eigenvalue weighted by Gasteiger charge is -2.02. The van der Waals surface area contributed by atoms with E-state index in [-0.39, 0.29) is 4.90 Å². The first-order chi connectivity index (χ1) is 8.10. The van der Waals surface area contributed by atoms with Crippen molar-refractivity contribution in [1.29, 1.82) is 0 Å². The molecule has 98 valence electrons. The van der Waals surface area contributed by atoms with Crippen LogP contribution < -0.4 is 10.5 Å². The lowest BCUT2D eigenvalue weighted by atomic mass is 10.4. The highest BCUT2D eigenvalue weighted by molar-refractivity contribution is 7.98. The summed E-state index contributed by atoms with van der Waals surface area (Å²) in [6, 6.07) is 0. The van der Waals surface area contributed by atoms with Gasteiger partial charge < -0.3 is 5.73 Å². The van der Waals surface area contributed by atoms with Gasteiger partial charge in [-0.3, -0.25) is 4.68 Å². The maximum atomic E-state index is 11.8. The van der Waals surface area contributed by atoms with E-state index in [0.717, 1.165) is 12.2 Å². The van der Waals surface area contributed by atoms with Crippen LogP contribution in [0.15, 0.2) is 17.3 Å². The Morgan fingerprint density at radius 1 is 1.59 bits per heavy atom. The van der Waals surface area contributed by atoms with E-state index in [0.29, 0.717) is 19.6 Å². The van der Waals surface area contributed by atoms with Crippen LogP contribution in [-0.4, -0.2) is 43.3 Å². The van der Waals surface area contributed by atoms with Gasteiger partial charge in [-0.15, -0.1) is 0 Å². The van der Waals surface area contributed by atoms with Crippen molar-refractivity contribution in [3.05, 3.63) is 12.4 Å². The first kappa shape index (κ1) is 14.5. The van der Waals surface area contributed by atoms with Crippen molar-refractivity contribution in [1.82, 2.24) is 14.5 Å². The third-order valence-corrected chi connectivity index (χ3v) is 4.14. The fourth-order valence-corrected chi connectivity index (χ4v) is 2.64. The molecule has 0 spiro atoms. The second-order valence-electron chi connectivity index (χ2n) is 3.47. The molecule has 0 aromatic carbocycles. The van der Waals surface area contributed by atoms with E-state index in [1.54, 1.807) is 16.4 Å². The van der Waals surface area contributed by atoms with Gasteiger partial charge in [-0.25, -0.2) is 13.1 Å². The highest BCUT2D eigenvalue weighted by Gasteiger charge is 2.15. The average Bonchev–Trinajstić information content (AvgIpc) is 2.76. The Hall–Kier alpha value is -0.570. The molecule has 0 fully saturated rings. The van der Waals surface area contributed by atoms with Crippen molar-refractivity contribution in [2.24, 2.45) is 5.73 Å². The number of rotatable bonds is 8. The predicted octanol–water partition coefficient (Wildman–Crippen LogP) is -0.127. The number of aryl methyl sites for hydroxylation is 1. The number of hydrogen-bond acceptors (Lipinski definition) is 5. The summed E-state index contributed by atoms with van der Waals surface area (Å²) in [6.45, 7) is 1.63. The van der Waals surface area contributed by atoms with Gasteiger partial charge in [0.1, 0.15) is 4.90 Å². The second kappa shape index (κ2) is 7.00. The molecule has 6 nitrogen and oxygen atoms in total. The van der Waals surface area contributed by atoms with Gasteiger partial charge in [-0.05, 0) is 19.2 Å². The standard InChI is InChI=1S/C9H18N4O2S2/c1-16-6-4-12-17(14,15)9-7-11-13(8-9)5-2-3-10/h7-8,12H,2-6,10H2,1H3. The Morgan fingerprint density at radius 3 is 3.00 bits per heavy atom. The van der Waals surface area contributed by atoms with Crippen molar-refractivity contribution < 1.29 is 8.42 Å². The molecule has 1 aromatic heterocycles. The summed E-state index contributed by atoms with van der Waals surface area (Å²) in [5.74, 6) is 0.751. The third kappa shape index (κ3) is 4.66. The minimum Gasteiger partial charge on any atom is -0.330 e. The Bertz CT molecular complexity index is 430. The molecular formula is C9H18N4O2S2. The zero-order valence-electron chi connectivity index (χ0n) is 9.80. The van der Waals surface area contributed by atoms with Crippen molar-refractivity contribution in [3.8, 4) is 0 Å². The molecular weight excluding hydrogens is 260 g/mol. The molecule has 0 aliphatic carbocycles. The summed E-state index contributed by atoms with van der Waals surface area (Å²) in [4.78, 5) is 0.204. The molecule has 3 N–H and O–H groups in total. The van der Waals surface area contributed by atoms with Crippen LogP contribution in [0.3, 0.4) is 0 Å². The van der Waals surface area contributed by atoms with Gasteiger partial charge in [0.15, 0.2) is 0 Å². The second-order valence-corrected chi connectivity index (χ2v) is 6.22. The van der Waals surface area contributed by atoms with Crippen LogP contribution in [0.25, 0.3) is 0 Å².